The van der Waals surface area contributed by atoms with Crippen molar-refractivity contribution in [2.24, 2.45) is 5.14 Å². The van der Waals surface area contributed by atoms with Gasteiger partial charge in [-0.05, 0) is 24.3 Å². The normalized spacial score (nSPS) is 12.1. The molecular formula is C23H21F3N5O2S2-. The molecule has 0 spiro atoms. The fraction of sp³-hybridized carbons (Fsp3) is 0.174. The molecule has 2 aromatic carbocycles. The van der Waals surface area contributed by atoms with Gasteiger partial charge in [0.15, 0.2) is 0 Å². The number of nitrogens with two attached hydrogens (primary N) is 2. The Labute approximate surface area is 206 Å². The van der Waals surface area contributed by atoms with E-state index in [4.69, 9.17) is 14.5 Å². The van der Waals surface area contributed by atoms with E-state index in [1.807, 2.05) is 20.8 Å². The minimum absolute atomic E-state index is 0.0804. The first-order valence-electron chi connectivity index (χ1n) is 10.1. The van der Waals surface area contributed by atoms with Crippen LogP contribution in [0.3, 0.4) is 0 Å². The highest BCUT2D eigenvalue weighted by Gasteiger charge is 2.26. The highest BCUT2D eigenvalue weighted by atomic mass is 32.2. The molecule has 1 atom stereocenters. The van der Waals surface area contributed by atoms with Crippen LogP contribution in [0.4, 0.5) is 19.1 Å². The molecule has 2 aromatic heterocycles. The van der Waals surface area contributed by atoms with Crippen molar-refractivity contribution in [2.75, 3.05) is 5.73 Å². The molecule has 1 unspecified atom stereocenters. The molecule has 0 aliphatic heterocycles. The molecule has 0 saturated heterocycles. The van der Waals surface area contributed by atoms with E-state index < -0.39 is 34.3 Å². The molecular weight excluding hydrogens is 499 g/mol. The fourth-order valence-electron chi connectivity index (χ4n) is 3.16. The Morgan fingerprint density at radius 1 is 0.971 bits per heavy atom. The standard InChI is InChI=1S/C23H19F3N4S.H3NO2S/c1-23(2,3)21-30-19(20(31-21)16-10-11-28-22(27)29-16)13-7-4-6-12(18(13)26)17-14(24)8-5-9-15(17)25;1-4(2)3/h4-11H,1-3H3,(H2,27,28,29);1H2,(H,2,3)/p-1. The summed E-state index contributed by atoms with van der Waals surface area (Å²) in [6.45, 7) is 5.99. The quantitative estimate of drug-likeness (QED) is 0.367. The van der Waals surface area contributed by atoms with Gasteiger partial charge >= 0.3 is 0 Å². The van der Waals surface area contributed by atoms with Crippen LogP contribution in [0.5, 0.6) is 0 Å². The molecule has 0 radical (unpaired) electrons. The van der Waals surface area contributed by atoms with Crippen LogP contribution in [0, 0.1) is 17.5 Å². The number of nitrogens with zero attached hydrogens (tertiary/aromatic N) is 3. The number of rotatable bonds is 3. The van der Waals surface area contributed by atoms with Crippen LogP contribution in [0.15, 0.2) is 48.7 Å². The molecule has 0 bridgehead atoms. The van der Waals surface area contributed by atoms with E-state index in [1.165, 1.54) is 35.7 Å². The molecule has 4 rings (SSSR count). The maximum Gasteiger partial charge on any atom is 0.220 e. The van der Waals surface area contributed by atoms with Crippen LogP contribution in [0.1, 0.15) is 25.8 Å². The number of thiazole rings is 1. The first-order valence-corrected chi connectivity index (χ1v) is 12.0. The predicted octanol–water partition coefficient (Wildman–Crippen LogP) is 4.97. The van der Waals surface area contributed by atoms with Crippen LogP contribution in [0.25, 0.3) is 33.0 Å². The molecule has 0 fully saturated rings. The van der Waals surface area contributed by atoms with Gasteiger partial charge in [0.25, 0.3) is 0 Å². The third kappa shape index (κ3) is 6.09. The van der Waals surface area contributed by atoms with Crippen molar-refractivity contribution in [2.45, 2.75) is 26.2 Å². The number of hydrogen-bond acceptors (Lipinski definition) is 7. The summed E-state index contributed by atoms with van der Waals surface area (Å²) in [5.74, 6) is -2.36. The lowest BCUT2D eigenvalue weighted by Gasteiger charge is -2.13. The molecule has 0 aliphatic rings. The van der Waals surface area contributed by atoms with Gasteiger partial charge in [-0.15, -0.1) is 11.3 Å². The van der Waals surface area contributed by atoms with Crippen LogP contribution in [-0.4, -0.2) is 23.7 Å². The van der Waals surface area contributed by atoms with E-state index in [0.29, 0.717) is 16.3 Å². The maximum absolute atomic E-state index is 15.7. The molecule has 4 N–H and O–H groups in total. The van der Waals surface area contributed by atoms with Crippen LogP contribution in [0.2, 0.25) is 0 Å². The zero-order valence-corrected chi connectivity index (χ0v) is 20.5. The SMILES string of the molecule is CC(C)(C)c1nc(-c2cccc(-c3c(F)cccc3F)c2F)c(-c2ccnc(N)n2)s1.NS(=O)[O-]. The average Bonchev–Trinajstić information content (AvgIpc) is 3.20. The Kier molecular flexibility index (Phi) is 8.00. The zero-order valence-electron chi connectivity index (χ0n) is 18.9. The number of anilines is 1. The summed E-state index contributed by atoms with van der Waals surface area (Å²) in [5.41, 5.74) is 5.81. The lowest BCUT2D eigenvalue weighted by atomic mass is 9.97. The first-order chi connectivity index (χ1) is 16.4. The maximum atomic E-state index is 15.7. The largest absolute Gasteiger partial charge is 0.760 e. The van der Waals surface area contributed by atoms with Crippen molar-refractivity contribution in [1.82, 2.24) is 15.0 Å². The fourth-order valence-corrected chi connectivity index (χ4v) is 4.27. The van der Waals surface area contributed by atoms with E-state index >= 15 is 4.39 Å². The number of nitrogen functional groups attached to an aromatic ring is 1. The predicted molar refractivity (Wildman–Crippen MR) is 130 cm³/mol. The van der Waals surface area contributed by atoms with Gasteiger partial charge in [0.05, 0.1) is 26.8 Å². The first kappa shape index (κ1) is 26.4. The smallest absolute Gasteiger partial charge is 0.220 e. The monoisotopic (exact) mass is 520 g/mol. The minimum Gasteiger partial charge on any atom is -0.760 e. The van der Waals surface area contributed by atoms with Crippen molar-refractivity contribution in [3.63, 3.8) is 0 Å². The van der Waals surface area contributed by atoms with Crippen molar-refractivity contribution in [3.05, 3.63) is 71.1 Å². The molecule has 0 amide bonds. The van der Waals surface area contributed by atoms with Crippen molar-refractivity contribution in [3.8, 4) is 33.0 Å². The minimum atomic E-state index is -2.36. The van der Waals surface area contributed by atoms with Gasteiger partial charge in [0.1, 0.15) is 17.5 Å². The van der Waals surface area contributed by atoms with Gasteiger partial charge in [0, 0.05) is 34.0 Å². The molecule has 0 saturated carbocycles. The molecule has 4 aromatic rings. The lowest BCUT2D eigenvalue weighted by molar-refractivity contribution is 0.538. The van der Waals surface area contributed by atoms with Gasteiger partial charge in [-0.25, -0.2) is 28.1 Å². The summed E-state index contributed by atoms with van der Waals surface area (Å²) in [7, 11) is 0. The number of benzene rings is 2. The van der Waals surface area contributed by atoms with Crippen LogP contribution >= 0.6 is 11.3 Å². The van der Waals surface area contributed by atoms with Gasteiger partial charge < -0.3 is 10.3 Å². The van der Waals surface area contributed by atoms with Crippen LogP contribution < -0.4 is 10.9 Å². The van der Waals surface area contributed by atoms with Crippen LogP contribution in [-0.2, 0) is 16.7 Å². The average molecular weight is 521 g/mol. The summed E-state index contributed by atoms with van der Waals surface area (Å²) in [6, 6.07) is 9.53. The lowest BCUT2D eigenvalue weighted by Crippen LogP contribution is -2.10. The molecule has 184 valence electrons. The molecule has 2 heterocycles. The van der Waals surface area contributed by atoms with E-state index in [9.17, 15) is 8.78 Å². The molecule has 7 nitrogen and oxygen atoms in total. The number of halogens is 3. The Bertz CT molecular complexity index is 1370. The summed E-state index contributed by atoms with van der Waals surface area (Å²) in [4.78, 5) is 13.5. The Morgan fingerprint density at radius 2 is 1.54 bits per heavy atom. The van der Waals surface area contributed by atoms with E-state index in [0.717, 1.165) is 17.1 Å². The summed E-state index contributed by atoms with van der Waals surface area (Å²) >= 11 is -0.993. The van der Waals surface area contributed by atoms with Gasteiger partial charge in [-0.3, -0.25) is 9.35 Å². The van der Waals surface area contributed by atoms with Crippen molar-refractivity contribution >= 4 is 28.6 Å². The van der Waals surface area contributed by atoms with E-state index in [-0.39, 0.29) is 22.5 Å². The second kappa shape index (κ2) is 10.6. The Morgan fingerprint density at radius 3 is 2.11 bits per heavy atom. The highest BCUT2D eigenvalue weighted by Crippen LogP contribution is 2.42. The summed E-state index contributed by atoms with van der Waals surface area (Å²) in [6.07, 6.45) is 1.51. The molecule has 12 heteroatoms. The topological polar surface area (TPSA) is 131 Å². The zero-order chi connectivity index (χ0) is 25.9. The third-order valence-electron chi connectivity index (χ3n) is 4.66. The van der Waals surface area contributed by atoms with Gasteiger partial charge in [-0.2, -0.15) is 0 Å². The molecule has 35 heavy (non-hydrogen) atoms. The van der Waals surface area contributed by atoms with Crippen molar-refractivity contribution in [1.29, 1.82) is 0 Å². The van der Waals surface area contributed by atoms with E-state index in [2.05, 4.69) is 20.1 Å². The van der Waals surface area contributed by atoms with Crippen molar-refractivity contribution < 1.29 is 21.9 Å². The Balaban J connectivity index is 0.000000795. The summed E-state index contributed by atoms with van der Waals surface area (Å²) < 4.78 is 61.9. The third-order valence-corrected chi connectivity index (χ3v) is 6.17. The number of hydrogen-bond donors (Lipinski definition) is 2. The van der Waals surface area contributed by atoms with E-state index in [1.54, 1.807) is 12.1 Å². The number of aromatic nitrogens is 3. The van der Waals surface area contributed by atoms with Gasteiger partial charge in [0.2, 0.25) is 5.95 Å². The summed E-state index contributed by atoms with van der Waals surface area (Å²) in [5, 5.41) is 4.79. The highest BCUT2D eigenvalue weighted by molar-refractivity contribution is 7.76. The second-order valence-electron chi connectivity index (χ2n) is 8.27. The van der Waals surface area contributed by atoms with Gasteiger partial charge in [-0.1, -0.05) is 39.0 Å². The molecule has 0 aliphatic carbocycles. The Hall–Kier alpha value is -3.19. The second-order valence-corrected chi connectivity index (χ2v) is 9.79.